The molecule has 1 N–H and O–H groups in total. The number of nitrogens with one attached hydrogen (secondary N) is 1. The second-order valence-corrected chi connectivity index (χ2v) is 9.38. The van der Waals surface area contributed by atoms with E-state index in [0.29, 0.717) is 26.9 Å². The second kappa shape index (κ2) is 9.68. The SMILES string of the molecule is Cn1c(SCC(=O)NCCc2ccc(Cl)cc2)nc2sc(-c3ccccc3)cc2c1=O. The number of nitrogens with zero attached hydrogens (tertiary/aromatic N) is 2. The van der Waals surface area contributed by atoms with Gasteiger partial charge in [-0.05, 0) is 35.7 Å². The molecule has 2 aromatic carbocycles. The minimum Gasteiger partial charge on any atom is -0.355 e. The summed E-state index contributed by atoms with van der Waals surface area (Å²) in [5, 5.41) is 4.74. The van der Waals surface area contributed by atoms with Gasteiger partial charge < -0.3 is 5.32 Å². The standard InChI is InChI=1S/C23H20ClN3O2S2/c1-27-22(29)18-13-19(16-5-3-2-4-6-16)31-21(18)26-23(27)30-14-20(28)25-12-11-15-7-9-17(24)10-8-15/h2-10,13H,11-12,14H2,1H3,(H,25,28). The highest BCUT2D eigenvalue weighted by atomic mass is 35.5. The fourth-order valence-electron chi connectivity index (χ4n) is 3.10. The molecule has 0 aliphatic heterocycles. The first kappa shape index (κ1) is 21.6. The van der Waals surface area contributed by atoms with E-state index in [1.165, 1.54) is 27.7 Å². The first-order chi connectivity index (χ1) is 15.0. The Labute approximate surface area is 193 Å². The Kier molecular flexibility index (Phi) is 6.75. The molecule has 2 heterocycles. The van der Waals surface area contributed by atoms with Crippen LogP contribution in [0.15, 0.2) is 70.6 Å². The Morgan fingerprint density at radius 1 is 1.16 bits per heavy atom. The summed E-state index contributed by atoms with van der Waals surface area (Å²) in [5.41, 5.74) is 2.06. The minimum absolute atomic E-state index is 0.0931. The number of carbonyl (C=O) groups is 1. The quantitative estimate of drug-likeness (QED) is 0.313. The predicted molar refractivity (Wildman–Crippen MR) is 129 cm³/mol. The highest BCUT2D eigenvalue weighted by Crippen LogP contribution is 2.31. The lowest BCUT2D eigenvalue weighted by atomic mass is 10.1. The van der Waals surface area contributed by atoms with Crippen LogP contribution in [0.25, 0.3) is 20.7 Å². The molecule has 4 aromatic rings. The molecule has 0 fully saturated rings. The number of benzene rings is 2. The Balaban J connectivity index is 1.41. The van der Waals surface area contributed by atoms with Crippen molar-refractivity contribution < 1.29 is 4.79 Å². The van der Waals surface area contributed by atoms with Crippen LogP contribution in [0.2, 0.25) is 5.02 Å². The zero-order valence-electron chi connectivity index (χ0n) is 16.8. The van der Waals surface area contributed by atoms with E-state index < -0.39 is 0 Å². The van der Waals surface area contributed by atoms with Crippen molar-refractivity contribution >= 4 is 50.8 Å². The van der Waals surface area contributed by atoms with E-state index in [4.69, 9.17) is 11.6 Å². The molecular formula is C23H20ClN3O2S2. The molecule has 158 valence electrons. The van der Waals surface area contributed by atoms with Crippen LogP contribution in [0.3, 0.4) is 0 Å². The van der Waals surface area contributed by atoms with Crippen LogP contribution in [0.1, 0.15) is 5.56 Å². The highest BCUT2D eigenvalue weighted by Gasteiger charge is 2.14. The Morgan fingerprint density at radius 3 is 2.65 bits per heavy atom. The maximum Gasteiger partial charge on any atom is 0.262 e. The van der Waals surface area contributed by atoms with Gasteiger partial charge in [-0.2, -0.15) is 0 Å². The Morgan fingerprint density at radius 2 is 1.90 bits per heavy atom. The number of halogens is 1. The van der Waals surface area contributed by atoms with Gasteiger partial charge in [0.15, 0.2) is 5.16 Å². The largest absolute Gasteiger partial charge is 0.355 e. The predicted octanol–water partition coefficient (Wildman–Crippen LogP) is 4.77. The summed E-state index contributed by atoms with van der Waals surface area (Å²) < 4.78 is 1.51. The lowest BCUT2D eigenvalue weighted by Crippen LogP contribution is -2.28. The lowest BCUT2D eigenvalue weighted by molar-refractivity contribution is -0.118. The number of carbonyl (C=O) groups excluding carboxylic acids is 1. The minimum atomic E-state index is -0.103. The average Bonchev–Trinajstić information content (AvgIpc) is 3.22. The van der Waals surface area contributed by atoms with E-state index >= 15 is 0 Å². The number of aromatic nitrogens is 2. The number of hydrogen-bond donors (Lipinski definition) is 1. The van der Waals surface area contributed by atoms with Crippen LogP contribution in [-0.2, 0) is 18.3 Å². The maximum atomic E-state index is 12.8. The molecule has 0 saturated heterocycles. The number of fused-ring (bicyclic) bond motifs is 1. The van der Waals surface area contributed by atoms with E-state index in [-0.39, 0.29) is 17.2 Å². The molecule has 0 bridgehead atoms. The summed E-state index contributed by atoms with van der Waals surface area (Å²) >= 11 is 8.64. The number of hydrogen-bond acceptors (Lipinski definition) is 5. The van der Waals surface area contributed by atoms with Gasteiger partial charge in [0.1, 0.15) is 4.83 Å². The molecule has 4 rings (SSSR count). The first-order valence-corrected chi connectivity index (χ1v) is 11.9. The van der Waals surface area contributed by atoms with Crippen LogP contribution in [0, 0.1) is 0 Å². The van der Waals surface area contributed by atoms with Crippen molar-refractivity contribution in [1.82, 2.24) is 14.9 Å². The lowest BCUT2D eigenvalue weighted by Gasteiger charge is -2.08. The van der Waals surface area contributed by atoms with Crippen molar-refractivity contribution in [1.29, 1.82) is 0 Å². The number of amides is 1. The fraction of sp³-hybridized carbons (Fsp3) is 0.174. The average molecular weight is 470 g/mol. The first-order valence-electron chi connectivity index (χ1n) is 9.71. The molecule has 0 spiro atoms. The summed E-state index contributed by atoms with van der Waals surface area (Å²) in [5.74, 6) is 0.105. The van der Waals surface area contributed by atoms with E-state index in [0.717, 1.165) is 22.4 Å². The highest BCUT2D eigenvalue weighted by molar-refractivity contribution is 7.99. The summed E-state index contributed by atoms with van der Waals surface area (Å²) in [6.45, 7) is 0.539. The molecule has 0 radical (unpaired) electrons. The number of thioether (sulfide) groups is 1. The third-order valence-electron chi connectivity index (χ3n) is 4.77. The van der Waals surface area contributed by atoms with E-state index in [1.807, 2.05) is 60.7 Å². The topological polar surface area (TPSA) is 64.0 Å². The van der Waals surface area contributed by atoms with Gasteiger partial charge in [0.05, 0.1) is 11.1 Å². The van der Waals surface area contributed by atoms with Crippen molar-refractivity contribution in [3.05, 3.63) is 81.6 Å². The van der Waals surface area contributed by atoms with Gasteiger partial charge >= 0.3 is 0 Å². The van der Waals surface area contributed by atoms with Crippen LogP contribution >= 0.6 is 34.7 Å². The number of thiophene rings is 1. The molecular weight excluding hydrogens is 450 g/mol. The molecule has 0 aliphatic carbocycles. The van der Waals surface area contributed by atoms with Crippen LogP contribution in [0.4, 0.5) is 0 Å². The Hall–Kier alpha value is -2.61. The van der Waals surface area contributed by atoms with Gasteiger partial charge in [-0.25, -0.2) is 4.98 Å². The molecule has 8 heteroatoms. The normalized spacial score (nSPS) is 11.0. The van der Waals surface area contributed by atoms with E-state index in [9.17, 15) is 9.59 Å². The molecule has 0 atom stereocenters. The van der Waals surface area contributed by atoms with Crippen molar-refractivity contribution in [2.24, 2.45) is 7.05 Å². The van der Waals surface area contributed by atoms with Crippen molar-refractivity contribution in [2.45, 2.75) is 11.6 Å². The summed E-state index contributed by atoms with van der Waals surface area (Å²) in [6, 6.07) is 19.4. The van der Waals surface area contributed by atoms with Gasteiger partial charge in [0.2, 0.25) is 5.91 Å². The van der Waals surface area contributed by atoms with Gasteiger partial charge in [-0.15, -0.1) is 11.3 Å². The molecule has 0 saturated carbocycles. The van der Waals surface area contributed by atoms with Crippen molar-refractivity contribution in [3.8, 4) is 10.4 Å². The van der Waals surface area contributed by atoms with Gasteiger partial charge in [-0.1, -0.05) is 65.8 Å². The molecule has 5 nitrogen and oxygen atoms in total. The maximum absolute atomic E-state index is 12.8. The smallest absolute Gasteiger partial charge is 0.262 e. The van der Waals surface area contributed by atoms with Crippen LogP contribution in [-0.4, -0.2) is 27.8 Å². The summed E-state index contributed by atoms with van der Waals surface area (Å²) in [6.07, 6.45) is 0.730. The number of rotatable bonds is 7. The van der Waals surface area contributed by atoms with Gasteiger partial charge in [-0.3, -0.25) is 14.2 Å². The molecule has 1 amide bonds. The van der Waals surface area contributed by atoms with E-state index in [2.05, 4.69) is 10.3 Å². The van der Waals surface area contributed by atoms with Crippen LogP contribution < -0.4 is 10.9 Å². The van der Waals surface area contributed by atoms with Crippen molar-refractivity contribution in [3.63, 3.8) is 0 Å². The molecule has 0 aliphatic rings. The second-order valence-electron chi connectivity index (χ2n) is 6.97. The monoisotopic (exact) mass is 469 g/mol. The molecule has 2 aromatic heterocycles. The summed E-state index contributed by atoms with van der Waals surface area (Å²) in [7, 11) is 1.69. The van der Waals surface area contributed by atoms with Gasteiger partial charge in [0, 0.05) is 23.5 Å². The third-order valence-corrected chi connectivity index (χ3v) is 7.13. The zero-order chi connectivity index (χ0) is 21.8. The Bertz CT molecular complexity index is 1270. The van der Waals surface area contributed by atoms with Crippen LogP contribution in [0.5, 0.6) is 0 Å². The van der Waals surface area contributed by atoms with Gasteiger partial charge in [0.25, 0.3) is 5.56 Å². The molecule has 31 heavy (non-hydrogen) atoms. The summed E-state index contributed by atoms with van der Waals surface area (Å²) in [4.78, 5) is 31.4. The molecule has 0 unspecified atom stereocenters. The fourth-order valence-corrected chi connectivity index (χ4v) is 5.11. The third kappa shape index (κ3) is 5.18. The van der Waals surface area contributed by atoms with Crippen molar-refractivity contribution in [2.75, 3.05) is 12.3 Å². The van der Waals surface area contributed by atoms with E-state index in [1.54, 1.807) is 7.05 Å². The zero-order valence-corrected chi connectivity index (χ0v) is 19.2.